The Morgan fingerprint density at radius 3 is 2.41 bits per heavy atom. The van der Waals surface area contributed by atoms with Crippen molar-refractivity contribution in [1.29, 1.82) is 0 Å². The monoisotopic (exact) mass is 320 g/mol. The summed E-state index contributed by atoms with van der Waals surface area (Å²) in [5, 5.41) is 4.15. The predicted octanol–water partition coefficient (Wildman–Crippen LogP) is 6.67. The van der Waals surface area contributed by atoms with E-state index in [1.165, 1.54) is 0 Å². The van der Waals surface area contributed by atoms with E-state index < -0.39 is 0 Å². The first-order valence-electron chi connectivity index (χ1n) is 4.73. The molecule has 0 bridgehead atoms. The average Bonchev–Trinajstić information content (AvgIpc) is 2.65. The molecule has 0 aliphatic carbocycles. The number of hydrogen-bond acceptors (Lipinski definition) is 1. The SMILES string of the molecule is Clc1ccc2sc3c(Cl)cc(Cl)c(Cl)c3c2c1. The molecule has 0 fully saturated rings. The van der Waals surface area contributed by atoms with Crippen LogP contribution in [0.5, 0.6) is 0 Å². The molecule has 0 amide bonds. The highest BCUT2D eigenvalue weighted by Crippen LogP contribution is 2.45. The van der Waals surface area contributed by atoms with Crippen LogP contribution in [0.25, 0.3) is 20.2 Å². The zero-order valence-corrected chi connectivity index (χ0v) is 12.1. The summed E-state index contributed by atoms with van der Waals surface area (Å²) in [7, 11) is 0. The van der Waals surface area contributed by atoms with Crippen molar-refractivity contribution in [3.05, 3.63) is 44.4 Å². The maximum Gasteiger partial charge on any atom is 0.0686 e. The topological polar surface area (TPSA) is 0 Å². The molecule has 3 aromatic rings. The summed E-state index contributed by atoms with van der Waals surface area (Å²) in [6.07, 6.45) is 0. The quantitative estimate of drug-likeness (QED) is 0.406. The van der Waals surface area contributed by atoms with Crippen molar-refractivity contribution in [2.45, 2.75) is 0 Å². The van der Waals surface area contributed by atoms with Gasteiger partial charge < -0.3 is 0 Å². The zero-order chi connectivity index (χ0) is 12.2. The second kappa shape index (κ2) is 4.18. The van der Waals surface area contributed by atoms with E-state index >= 15 is 0 Å². The molecule has 0 atom stereocenters. The fraction of sp³-hybridized carbons (Fsp3) is 0. The third-order valence-electron chi connectivity index (χ3n) is 2.55. The number of thiophene rings is 1. The number of benzene rings is 2. The maximum atomic E-state index is 6.24. The van der Waals surface area contributed by atoms with Crippen molar-refractivity contribution in [3.63, 3.8) is 0 Å². The fourth-order valence-corrected chi connectivity index (χ4v) is 3.97. The molecule has 1 heterocycles. The van der Waals surface area contributed by atoms with Gasteiger partial charge in [0.05, 0.1) is 19.8 Å². The van der Waals surface area contributed by atoms with Crippen LogP contribution in [0.3, 0.4) is 0 Å². The highest BCUT2D eigenvalue weighted by molar-refractivity contribution is 7.26. The molecule has 2 aromatic carbocycles. The van der Waals surface area contributed by atoms with E-state index in [1.807, 2.05) is 18.2 Å². The van der Waals surface area contributed by atoms with Crippen molar-refractivity contribution in [1.82, 2.24) is 0 Å². The average molecular weight is 322 g/mol. The van der Waals surface area contributed by atoms with Gasteiger partial charge in [0, 0.05) is 20.5 Å². The molecule has 5 heteroatoms. The third kappa shape index (κ3) is 1.81. The van der Waals surface area contributed by atoms with Gasteiger partial charge in [-0.2, -0.15) is 0 Å². The Kier molecular flexibility index (Phi) is 2.92. The molecule has 17 heavy (non-hydrogen) atoms. The second-order valence-electron chi connectivity index (χ2n) is 3.60. The lowest BCUT2D eigenvalue weighted by Crippen LogP contribution is -1.74. The lowest BCUT2D eigenvalue weighted by Gasteiger charge is -2.00. The van der Waals surface area contributed by atoms with Crippen LogP contribution in [0.4, 0.5) is 0 Å². The molecular formula is C12H4Cl4S. The van der Waals surface area contributed by atoms with Gasteiger partial charge in [0.1, 0.15) is 0 Å². The molecule has 0 spiro atoms. The van der Waals surface area contributed by atoms with Crippen molar-refractivity contribution >= 4 is 77.9 Å². The molecule has 0 nitrogen and oxygen atoms in total. The largest absolute Gasteiger partial charge is 0.134 e. The van der Waals surface area contributed by atoms with E-state index in [0.29, 0.717) is 20.1 Å². The van der Waals surface area contributed by atoms with Gasteiger partial charge in [0.25, 0.3) is 0 Å². The van der Waals surface area contributed by atoms with Crippen molar-refractivity contribution in [2.24, 2.45) is 0 Å². The van der Waals surface area contributed by atoms with Crippen LogP contribution in [-0.2, 0) is 0 Å². The minimum Gasteiger partial charge on any atom is -0.134 e. The van der Waals surface area contributed by atoms with Gasteiger partial charge in [0.2, 0.25) is 0 Å². The van der Waals surface area contributed by atoms with E-state index in [9.17, 15) is 0 Å². The Bertz CT molecular complexity index is 745. The van der Waals surface area contributed by atoms with Crippen LogP contribution in [0, 0.1) is 0 Å². The van der Waals surface area contributed by atoms with Crippen molar-refractivity contribution < 1.29 is 0 Å². The van der Waals surface area contributed by atoms with Crippen LogP contribution in [0.15, 0.2) is 24.3 Å². The maximum absolute atomic E-state index is 6.24. The Morgan fingerprint density at radius 2 is 1.65 bits per heavy atom. The Labute approximate surface area is 122 Å². The summed E-state index contributed by atoms with van der Waals surface area (Å²) in [5.41, 5.74) is 0. The van der Waals surface area contributed by atoms with Gasteiger partial charge in [-0.15, -0.1) is 11.3 Å². The first kappa shape index (κ1) is 11.9. The van der Waals surface area contributed by atoms with E-state index in [1.54, 1.807) is 17.4 Å². The molecule has 0 saturated carbocycles. The number of fused-ring (bicyclic) bond motifs is 3. The summed E-state index contributed by atoms with van der Waals surface area (Å²) < 4.78 is 2.04. The Balaban J connectivity index is 2.63. The minimum absolute atomic E-state index is 0.462. The van der Waals surface area contributed by atoms with Gasteiger partial charge in [0.15, 0.2) is 0 Å². The van der Waals surface area contributed by atoms with Gasteiger partial charge in [-0.05, 0) is 24.3 Å². The third-order valence-corrected chi connectivity index (χ3v) is 5.19. The van der Waals surface area contributed by atoms with Crippen LogP contribution in [0.2, 0.25) is 20.1 Å². The van der Waals surface area contributed by atoms with Crippen LogP contribution in [0.1, 0.15) is 0 Å². The number of hydrogen-bond donors (Lipinski definition) is 0. The molecule has 0 radical (unpaired) electrons. The van der Waals surface area contributed by atoms with Gasteiger partial charge in [-0.3, -0.25) is 0 Å². The van der Waals surface area contributed by atoms with Crippen LogP contribution < -0.4 is 0 Å². The fourth-order valence-electron chi connectivity index (χ4n) is 1.82. The number of rotatable bonds is 0. The summed E-state index contributed by atoms with van der Waals surface area (Å²) in [4.78, 5) is 0. The second-order valence-corrected chi connectivity index (χ2v) is 6.28. The van der Waals surface area contributed by atoms with Gasteiger partial charge >= 0.3 is 0 Å². The zero-order valence-electron chi connectivity index (χ0n) is 8.23. The first-order valence-corrected chi connectivity index (χ1v) is 7.06. The van der Waals surface area contributed by atoms with E-state index in [0.717, 1.165) is 20.2 Å². The molecule has 86 valence electrons. The lowest BCUT2D eigenvalue weighted by atomic mass is 10.1. The molecule has 3 rings (SSSR count). The summed E-state index contributed by atoms with van der Waals surface area (Å²) in [6.45, 7) is 0. The van der Waals surface area contributed by atoms with E-state index in [-0.39, 0.29) is 0 Å². The highest BCUT2D eigenvalue weighted by Gasteiger charge is 2.14. The molecule has 0 saturated heterocycles. The Hall–Kier alpha value is -0.180. The Morgan fingerprint density at radius 1 is 0.882 bits per heavy atom. The standard InChI is InChI=1S/C12H4Cl4S/c13-5-1-2-9-6(3-5)10-11(16)7(14)4-8(15)12(10)17-9/h1-4H. The van der Waals surface area contributed by atoms with Crippen LogP contribution >= 0.6 is 57.7 Å². The normalized spacial score (nSPS) is 11.5. The highest BCUT2D eigenvalue weighted by atomic mass is 35.5. The summed E-state index contributed by atoms with van der Waals surface area (Å²) in [5.74, 6) is 0. The van der Waals surface area contributed by atoms with E-state index in [4.69, 9.17) is 46.4 Å². The molecule has 0 N–H and O–H groups in total. The number of halogens is 4. The first-order chi connectivity index (χ1) is 8.08. The van der Waals surface area contributed by atoms with E-state index in [2.05, 4.69) is 0 Å². The smallest absolute Gasteiger partial charge is 0.0686 e. The lowest BCUT2D eigenvalue weighted by molar-refractivity contribution is 1.83. The predicted molar refractivity (Wildman–Crippen MR) is 79.4 cm³/mol. The van der Waals surface area contributed by atoms with Gasteiger partial charge in [-0.1, -0.05) is 46.4 Å². The molecule has 1 aromatic heterocycles. The van der Waals surface area contributed by atoms with Gasteiger partial charge in [-0.25, -0.2) is 0 Å². The van der Waals surface area contributed by atoms with Crippen molar-refractivity contribution in [3.8, 4) is 0 Å². The van der Waals surface area contributed by atoms with Crippen molar-refractivity contribution in [2.75, 3.05) is 0 Å². The molecular weight excluding hydrogens is 318 g/mol. The molecule has 0 unspecified atom stereocenters. The molecule has 0 aliphatic rings. The minimum atomic E-state index is 0.462. The summed E-state index contributed by atoms with van der Waals surface area (Å²) in [6, 6.07) is 7.37. The molecule has 0 aliphatic heterocycles. The summed E-state index contributed by atoms with van der Waals surface area (Å²) >= 11 is 26.1. The van der Waals surface area contributed by atoms with Crippen LogP contribution in [-0.4, -0.2) is 0 Å².